The van der Waals surface area contributed by atoms with E-state index in [9.17, 15) is 8.42 Å². The Balaban J connectivity index is 2.37. The van der Waals surface area contributed by atoms with Gasteiger partial charge in [-0.3, -0.25) is 0 Å². The van der Waals surface area contributed by atoms with Crippen LogP contribution in [0.3, 0.4) is 0 Å². The zero-order valence-corrected chi connectivity index (χ0v) is 8.96. The summed E-state index contributed by atoms with van der Waals surface area (Å²) in [6, 6.07) is 9.19. The molecule has 1 aromatic carbocycles. The second kappa shape index (κ2) is 5.00. The molecule has 0 fully saturated rings. The van der Waals surface area contributed by atoms with Crippen LogP contribution in [0.15, 0.2) is 30.3 Å². The van der Waals surface area contributed by atoms with E-state index >= 15 is 0 Å². The van der Waals surface area contributed by atoms with Gasteiger partial charge in [-0.25, -0.2) is 8.42 Å². The Bertz CT molecular complexity index is 356. The van der Waals surface area contributed by atoms with Crippen LogP contribution in [0.5, 0.6) is 5.75 Å². The maximum absolute atomic E-state index is 11.1. The lowest BCUT2D eigenvalue weighted by Gasteiger charge is -2.05. The molecule has 0 amide bonds. The molecule has 0 saturated heterocycles. The van der Waals surface area contributed by atoms with Crippen LogP contribution in [0.25, 0.3) is 0 Å². The number of benzene rings is 1. The molecule has 4 heteroatoms. The van der Waals surface area contributed by atoms with E-state index < -0.39 is 9.84 Å². The molecule has 0 aliphatic heterocycles. The van der Waals surface area contributed by atoms with E-state index in [2.05, 4.69) is 0 Å². The summed E-state index contributed by atoms with van der Waals surface area (Å²) < 4.78 is 27.5. The van der Waals surface area contributed by atoms with Crippen molar-refractivity contribution in [2.24, 2.45) is 0 Å². The SMILES string of the molecule is CCS(=O)(=O)CCOc1ccccc1. The number of hydrogen-bond acceptors (Lipinski definition) is 3. The molecule has 0 radical (unpaired) electrons. The molecule has 0 spiro atoms. The maximum atomic E-state index is 11.1. The van der Waals surface area contributed by atoms with E-state index in [-0.39, 0.29) is 18.1 Å². The average Bonchev–Trinajstić information content (AvgIpc) is 2.19. The van der Waals surface area contributed by atoms with E-state index in [0.717, 1.165) is 0 Å². The Morgan fingerprint density at radius 1 is 1.21 bits per heavy atom. The first-order chi connectivity index (χ1) is 6.64. The number of ether oxygens (including phenoxy) is 1. The van der Waals surface area contributed by atoms with Gasteiger partial charge in [-0.15, -0.1) is 0 Å². The molecule has 1 aromatic rings. The average molecular weight is 214 g/mol. The monoisotopic (exact) mass is 214 g/mol. The normalized spacial score (nSPS) is 11.2. The second-order valence-corrected chi connectivity index (χ2v) is 5.37. The van der Waals surface area contributed by atoms with Gasteiger partial charge >= 0.3 is 0 Å². The predicted molar refractivity (Wildman–Crippen MR) is 56.3 cm³/mol. The first-order valence-electron chi connectivity index (χ1n) is 4.52. The third kappa shape index (κ3) is 3.79. The van der Waals surface area contributed by atoms with E-state index in [1.54, 1.807) is 19.1 Å². The zero-order valence-electron chi connectivity index (χ0n) is 8.14. The molecule has 1 rings (SSSR count). The Labute approximate surface area is 84.6 Å². The smallest absolute Gasteiger partial charge is 0.153 e. The van der Waals surface area contributed by atoms with Crippen LogP contribution >= 0.6 is 0 Å². The van der Waals surface area contributed by atoms with Crippen LogP contribution in [0, 0.1) is 0 Å². The summed E-state index contributed by atoms with van der Waals surface area (Å²) >= 11 is 0. The van der Waals surface area contributed by atoms with Crippen molar-refractivity contribution in [3.8, 4) is 5.75 Å². The van der Waals surface area contributed by atoms with Crippen molar-refractivity contribution in [3.63, 3.8) is 0 Å². The topological polar surface area (TPSA) is 43.4 Å². The second-order valence-electron chi connectivity index (χ2n) is 2.90. The highest BCUT2D eigenvalue weighted by molar-refractivity contribution is 7.91. The number of hydrogen-bond donors (Lipinski definition) is 0. The summed E-state index contributed by atoms with van der Waals surface area (Å²) in [6.45, 7) is 1.86. The van der Waals surface area contributed by atoms with Crippen LogP contribution < -0.4 is 4.74 Å². The Hall–Kier alpha value is -1.03. The fourth-order valence-electron chi connectivity index (χ4n) is 0.948. The largest absolute Gasteiger partial charge is 0.493 e. The van der Waals surface area contributed by atoms with E-state index in [1.807, 2.05) is 18.2 Å². The van der Waals surface area contributed by atoms with Gasteiger partial charge in [0, 0.05) is 5.75 Å². The summed E-state index contributed by atoms with van der Waals surface area (Å²) in [7, 11) is -2.91. The van der Waals surface area contributed by atoms with Crippen LogP contribution in [-0.4, -0.2) is 26.5 Å². The molecule has 0 bridgehead atoms. The summed E-state index contributed by atoms with van der Waals surface area (Å²) in [5.41, 5.74) is 0. The fraction of sp³-hybridized carbons (Fsp3) is 0.400. The minimum absolute atomic E-state index is 0.0817. The lowest BCUT2D eigenvalue weighted by molar-refractivity contribution is 0.341. The van der Waals surface area contributed by atoms with Gasteiger partial charge in [-0.1, -0.05) is 25.1 Å². The summed E-state index contributed by atoms with van der Waals surface area (Å²) in [5.74, 6) is 0.961. The zero-order chi connectivity index (χ0) is 10.4. The first kappa shape index (κ1) is 11.0. The molecule has 0 aliphatic rings. The van der Waals surface area contributed by atoms with Gasteiger partial charge in [0.05, 0.1) is 5.75 Å². The Morgan fingerprint density at radius 3 is 2.43 bits per heavy atom. The molecule has 0 N–H and O–H groups in total. The van der Waals surface area contributed by atoms with Gasteiger partial charge in [0.2, 0.25) is 0 Å². The van der Waals surface area contributed by atoms with Crippen molar-refractivity contribution in [1.82, 2.24) is 0 Å². The molecule has 14 heavy (non-hydrogen) atoms. The molecule has 3 nitrogen and oxygen atoms in total. The lowest BCUT2D eigenvalue weighted by Crippen LogP contribution is -2.15. The van der Waals surface area contributed by atoms with Crippen LogP contribution in [0.2, 0.25) is 0 Å². The van der Waals surface area contributed by atoms with Crippen LogP contribution in [0.4, 0.5) is 0 Å². The van der Waals surface area contributed by atoms with Gasteiger partial charge in [0.25, 0.3) is 0 Å². The van der Waals surface area contributed by atoms with E-state index in [0.29, 0.717) is 5.75 Å². The van der Waals surface area contributed by atoms with Crippen LogP contribution in [0.1, 0.15) is 6.92 Å². The summed E-state index contributed by atoms with van der Waals surface area (Å²) in [4.78, 5) is 0. The minimum atomic E-state index is -2.91. The molecule has 78 valence electrons. The fourth-order valence-corrected chi connectivity index (χ4v) is 1.57. The highest BCUT2D eigenvalue weighted by atomic mass is 32.2. The highest BCUT2D eigenvalue weighted by Crippen LogP contribution is 2.08. The van der Waals surface area contributed by atoms with Crippen molar-refractivity contribution in [2.75, 3.05) is 18.1 Å². The quantitative estimate of drug-likeness (QED) is 0.746. The predicted octanol–water partition coefficient (Wildman–Crippen LogP) is 1.50. The first-order valence-corrected chi connectivity index (χ1v) is 6.34. The molecular formula is C10H14O3S. The van der Waals surface area contributed by atoms with Crippen molar-refractivity contribution in [2.45, 2.75) is 6.92 Å². The molecular weight excluding hydrogens is 200 g/mol. The molecule has 0 heterocycles. The number of sulfone groups is 1. The molecule has 0 unspecified atom stereocenters. The van der Waals surface area contributed by atoms with Crippen molar-refractivity contribution < 1.29 is 13.2 Å². The molecule has 0 saturated carbocycles. The van der Waals surface area contributed by atoms with Gasteiger partial charge in [-0.2, -0.15) is 0 Å². The Morgan fingerprint density at radius 2 is 1.86 bits per heavy atom. The number of rotatable bonds is 5. The maximum Gasteiger partial charge on any atom is 0.153 e. The van der Waals surface area contributed by atoms with Gasteiger partial charge in [-0.05, 0) is 12.1 Å². The Kier molecular flexibility index (Phi) is 3.95. The van der Waals surface area contributed by atoms with Crippen molar-refractivity contribution in [3.05, 3.63) is 30.3 Å². The van der Waals surface area contributed by atoms with E-state index in [4.69, 9.17) is 4.74 Å². The van der Waals surface area contributed by atoms with Crippen molar-refractivity contribution in [1.29, 1.82) is 0 Å². The van der Waals surface area contributed by atoms with Gasteiger partial charge in [0.1, 0.15) is 12.4 Å². The highest BCUT2D eigenvalue weighted by Gasteiger charge is 2.06. The summed E-state index contributed by atoms with van der Waals surface area (Å²) in [5, 5.41) is 0. The molecule has 0 atom stereocenters. The van der Waals surface area contributed by atoms with E-state index in [1.165, 1.54) is 0 Å². The van der Waals surface area contributed by atoms with Crippen molar-refractivity contribution >= 4 is 9.84 Å². The van der Waals surface area contributed by atoms with Gasteiger partial charge < -0.3 is 4.74 Å². The minimum Gasteiger partial charge on any atom is -0.493 e. The number of para-hydroxylation sites is 1. The third-order valence-corrected chi connectivity index (χ3v) is 3.51. The molecule has 0 aromatic heterocycles. The standard InChI is InChI=1S/C10H14O3S/c1-2-14(11,12)9-8-13-10-6-4-3-5-7-10/h3-7H,2,8-9H2,1H3. The molecule has 0 aliphatic carbocycles. The third-order valence-electron chi connectivity index (χ3n) is 1.85. The summed E-state index contributed by atoms with van der Waals surface area (Å²) in [6.07, 6.45) is 0. The van der Waals surface area contributed by atoms with Gasteiger partial charge in [0.15, 0.2) is 9.84 Å². The lowest BCUT2D eigenvalue weighted by atomic mass is 10.3. The van der Waals surface area contributed by atoms with Crippen LogP contribution in [-0.2, 0) is 9.84 Å².